The van der Waals surface area contributed by atoms with E-state index in [0.29, 0.717) is 12.2 Å². The molecule has 1 aliphatic heterocycles. The summed E-state index contributed by atoms with van der Waals surface area (Å²) in [5.74, 6) is 0. The van der Waals surface area contributed by atoms with Gasteiger partial charge in [-0.15, -0.1) is 0 Å². The lowest BCUT2D eigenvalue weighted by Crippen LogP contribution is -1.89. The Kier molecular flexibility index (Phi) is 2.21. The number of nitrogens with zero attached hydrogens (tertiary/aromatic N) is 1. The standard InChI is InChI=1S/C11H9NO2/c1-13-7-11-8(5-12)4-9-6-14-3-2-10(9)11/h2-4,6H,7H2,1H3. The van der Waals surface area contributed by atoms with Crippen molar-refractivity contribution >= 4 is 0 Å². The van der Waals surface area contributed by atoms with Crippen LogP contribution in [0, 0.1) is 11.3 Å². The molecule has 0 radical (unpaired) electrons. The highest BCUT2D eigenvalue weighted by molar-refractivity contribution is 5.74. The van der Waals surface area contributed by atoms with Gasteiger partial charge in [0.05, 0.1) is 30.8 Å². The Morgan fingerprint density at radius 1 is 1.57 bits per heavy atom. The van der Waals surface area contributed by atoms with Gasteiger partial charge < -0.3 is 9.15 Å². The fraction of sp³-hybridized carbons (Fsp3) is 0.182. The zero-order valence-corrected chi connectivity index (χ0v) is 7.78. The first-order valence-electron chi connectivity index (χ1n) is 4.23. The number of fused-ring (bicyclic) bond motifs is 1. The maximum absolute atomic E-state index is 8.91. The molecule has 14 heavy (non-hydrogen) atoms. The van der Waals surface area contributed by atoms with E-state index in [1.54, 1.807) is 19.6 Å². The van der Waals surface area contributed by atoms with Crippen LogP contribution in [0.2, 0.25) is 0 Å². The number of hydrogen-bond acceptors (Lipinski definition) is 3. The lowest BCUT2D eigenvalue weighted by molar-refractivity contribution is 0.185. The molecule has 0 unspecified atom stereocenters. The molecule has 1 aliphatic carbocycles. The van der Waals surface area contributed by atoms with Crippen molar-refractivity contribution in [3.63, 3.8) is 0 Å². The first kappa shape index (κ1) is 8.79. The first-order chi connectivity index (χ1) is 6.86. The van der Waals surface area contributed by atoms with Gasteiger partial charge >= 0.3 is 0 Å². The van der Waals surface area contributed by atoms with E-state index in [2.05, 4.69) is 6.07 Å². The summed E-state index contributed by atoms with van der Waals surface area (Å²) in [5, 5.41) is 8.91. The van der Waals surface area contributed by atoms with Gasteiger partial charge in [0.15, 0.2) is 0 Å². The van der Waals surface area contributed by atoms with Gasteiger partial charge in [-0.25, -0.2) is 0 Å². The molecule has 3 heteroatoms. The maximum Gasteiger partial charge on any atom is 0.0995 e. The molecule has 3 nitrogen and oxygen atoms in total. The second-order valence-electron chi connectivity index (χ2n) is 3.01. The molecule has 0 atom stereocenters. The van der Waals surface area contributed by atoms with Crippen molar-refractivity contribution in [1.29, 1.82) is 5.26 Å². The smallest absolute Gasteiger partial charge is 0.0995 e. The van der Waals surface area contributed by atoms with Crippen LogP contribution >= 0.6 is 0 Å². The number of nitriles is 1. The van der Waals surface area contributed by atoms with Crippen molar-refractivity contribution < 1.29 is 9.15 Å². The van der Waals surface area contributed by atoms with E-state index in [-0.39, 0.29) is 0 Å². The topological polar surface area (TPSA) is 46.2 Å². The van der Waals surface area contributed by atoms with E-state index >= 15 is 0 Å². The van der Waals surface area contributed by atoms with E-state index in [4.69, 9.17) is 14.4 Å². The minimum Gasteiger partial charge on any atom is -0.472 e. The quantitative estimate of drug-likeness (QED) is 0.725. The number of methoxy groups -OCH3 is 1. The maximum atomic E-state index is 8.91. The average Bonchev–Trinajstić information content (AvgIpc) is 2.58. The Labute approximate surface area is 81.9 Å². The molecular formula is C11H9NO2. The van der Waals surface area contributed by atoms with Crippen molar-refractivity contribution in [2.75, 3.05) is 7.11 Å². The Morgan fingerprint density at radius 3 is 3.14 bits per heavy atom. The number of rotatable bonds is 2. The molecule has 0 aromatic rings. The summed E-state index contributed by atoms with van der Waals surface area (Å²) >= 11 is 0. The van der Waals surface area contributed by atoms with Crippen LogP contribution in [0.15, 0.2) is 29.1 Å². The van der Waals surface area contributed by atoms with Gasteiger partial charge in [0.1, 0.15) is 0 Å². The molecule has 0 saturated carbocycles. The predicted molar refractivity (Wildman–Crippen MR) is 50.8 cm³/mol. The molecule has 0 amide bonds. The van der Waals surface area contributed by atoms with E-state index in [1.165, 1.54) is 0 Å². The minimum atomic E-state index is 0.455. The number of ether oxygens (including phenoxy) is 1. The summed E-state index contributed by atoms with van der Waals surface area (Å²) in [4.78, 5) is 0. The zero-order valence-electron chi connectivity index (χ0n) is 7.78. The molecule has 70 valence electrons. The molecule has 2 rings (SSSR count). The van der Waals surface area contributed by atoms with E-state index in [1.807, 2.05) is 12.1 Å². The first-order valence-corrected chi connectivity index (χ1v) is 4.23. The fourth-order valence-corrected chi connectivity index (χ4v) is 1.55. The third-order valence-corrected chi connectivity index (χ3v) is 2.18. The second-order valence-corrected chi connectivity index (χ2v) is 3.01. The summed E-state index contributed by atoms with van der Waals surface area (Å²) < 4.78 is 10.1. The van der Waals surface area contributed by atoms with Crippen LogP contribution in [0.4, 0.5) is 0 Å². The Morgan fingerprint density at radius 2 is 2.43 bits per heavy atom. The van der Waals surface area contributed by atoms with Crippen molar-refractivity contribution in [3.8, 4) is 17.2 Å². The molecule has 0 N–H and O–H groups in total. The number of hydrogen-bond donors (Lipinski definition) is 0. The fourth-order valence-electron chi connectivity index (χ4n) is 1.55. The Hall–Kier alpha value is -1.79. The average molecular weight is 187 g/mol. The summed E-state index contributed by atoms with van der Waals surface area (Å²) in [6.07, 6.45) is 3.23. The third-order valence-electron chi connectivity index (χ3n) is 2.18. The van der Waals surface area contributed by atoms with Crippen molar-refractivity contribution in [2.24, 2.45) is 0 Å². The van der Waals surface area contributed by atoms with Gasteiger partial charge in [-0.05, 0) is 17.7 Å². The summed E-state index contributed by atoms with van der Waals surface area (Å²) in [7, 11) is 1.62. The van der Waals surface area contributed by atoms with Crippen LogP contribution in [0.1, 0.15) is 11.1 Å². The van der Waals surface area contributed by atoms with Gasteiger partial charge in [0.2, 0.25) is 0 Å². The minimum absolute atomic E-state index is 0.455. The highest BCUT2D eigenvalue weighted by Gasteiger charge is 2.15. The molecule has 0 bridgehead atoms. The lowest BCUT2D eigenvalue weighted by Gasteiger charge is -2.01. The molecule has 1 heterocycles. The molecule has 0 fully saturated rings. The summed E-state index contributed by atoms with van der Waals surface area (Å²) in [5.41, 5.74) is 3.55. The van der Waals surface area contributed by atoms with Crippen LogP contribution in [0.5, 0.6) is 0 Å². The van der Waals surface area contributed by atoms with Crippen LogP contribution < -0.4 is 0 Å². The zero-order chi connectivity index (χ0) is 9.97. The van der Waals surface area contributed by atoms with Gasteiger partial charge in [0.25, 0.3) is 0 Å². The van der Waals surface area contributed by atoms with Crippen molar-refractivity contribution in [2.45, 2.75) is 6.61 Å². The SMILES string of the molecule is COCc1c(C#N)cc2coccc1-2. The van der Waals surface area contributed by atoms with Gasteiger partial charge in [-0.2, -0.15) is 5.26 Å². The molecule has 0 aromatic carbocycles. The Bertz CT molecular complexity index is 453. The molecule has 2 aliphatic rings. The van der Waals surface area contributed by atoms with Crippen LogP contribution in [-0.2, 0) is 11.3 Å². The van der Waals surface area contributed by atoms with E-state index in [9.17, 15) is 0 Å². The van der Waals surface area contributed by atoms with E-state index in [0.717, 1.165) is 16.7 Å². The molecular weight excluding hydrogens is 178 g/mol. The molecule has 0 aromatic heterocycles. The lowest BCUT2D eigenvalue weighted by atomic mass is 10.1. The van der Waals surface area contributed by atoms with Gasteiger partial charge in [0, 0.05) is 18.2 Å². The van der Waals surface area contributed by atoms with Gasteiger partial charge in [-0.1, -0.05) is 0 Å². The highest BCUT2D eigenvalue weighted by atomic mass is 16.5. The highest BCUT2D eigenvalue weighted by Crippen LogP contribution is 2.31. The normalized spacial score (nSPS) is 10.3. The Balaban J connectivity index is 2.62. The summed E-state index contributed by atoms with van der Waals surface area (Å²) in [6, 6.07) is 5.81. The van der Waals surface area contributed by atoms with Crippen LogP contribution in [-0.4, -0.2) is 7.11 Å². The van der Waals surface area contributed by atoms with Gasteiger partial charge in [-0.3, -0.25) is 0 Å². The molecule has 0 spiro atoms. The summed E-state index contributed by atoms with van der Waals surface area (Å²) in [6.45, 7) is 0.455. The third kappa shape index (κ3) is 1.26. The monoisotopic (exact) mass is 187 g/mol. The molecule has 0 saturated heterocycles. The largest absolute Gasteiger partial charge is 0.472 e. The van der Waals surface area contributed by atoms with Crippen molar-refractivity contribution in [1.82, 2.24) is 0 Å². The van der Waals surface area contributed by atoms with Crippen LogP contribution in [0.25, 0.3) is 11.1 Å². The van der Waals surface area contributed by atoms with Crippen molar-refractivity contribution in [3.05, 3.63) is 35.8 Å². The van der Waals surface area contributed by atoms with Crippen LogP contribution in [0.3, 0.4) is 0 Å². The second kappa shape index (κ2) is 3.52. The van der Waals surface area contributed by atoms with E-state index < -0.39 is 0 Å². The predicted octanol–water partition coefficient (Wildman–Crippen LogP) is 2.40.